The predicted molar refractivity (Wildman–Crippen MR) is 92.9 cm³/mol. The van der Waals surface area contributed by atoms with Gasteiger partial charge in [-0.25, -0.2) is 8.42 Å². The number of hydrogen-bond acceptors (Lipinski definition) is 4. The van der Waals surface area contributed by atoms with E-state index < -0.39 is 9.84 Å². The predicted octanol–water partition coefficient (Wildman–Crippen LogP) is 4.19. The Kier molecular flexibility index (Phi) is 5.63. The molecule has 126 valence electrons. The van der Waals surface area contributed by atoms with Crippen LogP contribution in [0.2, 0.25) is 0 Å². The van der Waals surface area contributed by atoms with Crippen LogP contribution in [0.4, 0.5) is 0 Å². The zero-order valence-electron chi connectivity index (χ0n) is 14.2. The molecule has 0 atom stereocenters. The highest BCUT2D eigenvalue weighted by Gasteiger charge is 2.23. The molecule has 0 heterocycles. The van der Waals surface area contributed by atoms with E-state index in [0.29, 0.717) is 17.9 Å². The van der Waals surface area contributed by atoms with Gasteiger partial charge in [0.15, 0.2) is 0 Å². The maximum absolute atomic E-state index is 13.0. The quantitative estimate of drug-likeness (QED) is 0.738. The molecule has 0 aliphatic carbocycles. The van der Waals surface area contributed by atoms with Gasteiger partial charge in [-0.15, -0.1) is 0 Å². The molecular formula is C19H21NO3S. The van der Waals surface area contributed by atoms with Gasteiger partial charge in [-0.1, -0.05) is 25.5 Å². The van der Waals surface area contributed by atoms with Crippen molar-refractivity contribution in [3.05, 3.63) is 53.1 Å². The molecule has 0 N–H and O–H groups in total. The number of nitrogens with zero attached hydrogens (tertiary/aromatic N) is 1. The van der Waals surface area contributed by atoms with E-state index in [2.05, 4.69) is 6.92 Å². The van der Waals surface area contributed by atoms with E-state index >= 15 is 0 Å². The van der Waals surface area contributed by atoms with Crippen molar-refractivity contribution in [2.45, 2.75) is 43.4 Å². The first-order valence-corrected chi connectivity index (χ1v) is 9.37. The normalized spacial score (nSPS) is 11.1. The monoisotopic (exact) mass is 343 g/mol. The van der Waals surface area contributed by atoms with E-state index in [1.165, 1.54) is 12.1 Å². The lowest BCUT2D eigenvalue weighted by atomic mass is 10.1. The number of sulfone groups is 1. The zero-order valence-corrected chi connectivity index (χ0v) is 15.0. The van der Waals surface area contributed by atoms with Crippen LogP contribution in [-0.2, 0) is 9.84 Å². The van der Waals surface area contributed by atoms with Crippen LogP contribution in [0.1, 0.15) is 36.5 Å². The minimum atomic E-state index is -3.78. The summed E-state index contributed by atoms with van der Waals surface area (Å²) in [7, 11) is -3.78. The van der Waals surface area contributed by atoms with Gasteiger partial charge in [-0.3, -0.25) is 0 Å². The average molecular weight is 343 g/mol. The summed E-state index contributed by atoms with van der Waals surface area (Å²) in [6, 6.07) is 11.8. The van der Waals surface area contributed by atoms with Gasteiger partial charge in [0.05, 0.1) is 22.0 Å². The Balaban J connectivity index is 2.51. The SMILES string of the molecule is CCCCOc1cc(C)cc(S(=O)(=O)c2cccc(C)c2C#N)c1. The molecular weight excluding hydrogens is 322 g/mol. The number of hydrogen-bond donors (Lipinski definition) is 0. The van der Waals surface area contributed by atoms with Gasteiger partial charge in [0, 0.05) is 0 Å². The van der Waals surface area contributed by atoms with Crippen LogP contribution in [0.25, 0.3) is 0 Å². The van der Waals surface area contributed by atoms with Crippen LogP contribution in [0, 0.1) is 25.2 Å². The molecule has 0 fully saturated rings. The van der Waals surface area contributed by atoms with E-state index in [0.717, 1.165) is 18.4 Å². The minimum Gasteiger partial charge on any atom is -0.494 e. The molecule has 0 spiro atoms. The number of nitriles is 1. The van der Waals surface area contributed by atoms with Crippen LogP contribution in [0.15, 0.2) is 46.2 Å². The molecule has 0 aliphatic heterocycles. The fraction of sp³-hybridized carbons (Fsp3) is 0.316. The highest BCUT2D eigenvalue weighted by Crippen LogP contribution is 2.29. The van der Waals surface area contributed by atoms with Gasteiger partial charge in [0.2, 0.25) is 9.84 Å². The van der Waals surface area contributed by atoms with Crippen molar-refractivity contribution >= 4 is 9.84 Å². The Labute approximate surface area is 143 Å². The molecule has 0 radical (unpaired) electrons. The van der Waals surface area contributed by atoms with Crippen molar-refractivity contribution in [1.82, 2.24) is 0 Å². The van der Waals surface area contributed by atoms with Crippen molar-refractivity contribution < 1.29 is 13.2 Å². The lowest BCUT2D eigenvalue weighted by Crippen LogP contribution is -2.07. The number of ether oxygens (including phenoxy) is 1. The molecule has 0 amide bonds. The number of aryl methyl sites for hydroxylation is 2. The molecule has 0 unspecified atom stereocenters. The summed E-state index contributed by atoms with van der Waals surface area (Å²) in [5.74, 6) is 0.535. The Bertz CT molecular complexity index is 880. The van der Waals surface area contributed by atoms with E-state index in [-0.39, 0.29) is 15.4 Å². The smallest absolute Gasteiger partial charge is 0.208 e. The number of unbranched alkanes of at least 4 members (excludes halogenated alkanes) is 1. The van der Waals surface area contributed by atoms with Gasteiger partial charge < -0.3 is 4.74 Å². The molecule has 2 rings (SSSR count). The Morgan fingerprint density at radius 2 is 1.92 bits per heavy atom. The third-order valence-corrected chi connectivity index (χ3v) is 5.51. The second kappa shape index (κ2) is 7.50. The second-order valence-corrected chi connectivity index (χ2v) is 7.67. The second-order valence-electron chi connectivity index (χ2n) is 5.75. The van der Waals surface area contributed by atoms with E-state index in [1.807, 2.05) is 19.1 Å². The van der Waals surface area contributed by atoms with Crippen LogP contribution in [-0.4, -0.2) is 15.0 Å². The fourth-order valence-corrected chi connectivity index (χ4v) is 4.02. The van der Waals surface area contributed by atoms with Crippen molar-refractivity contribution in [3.63, 3.8) is 0 Å². The Hall–Kier alpha value is -2.32. The van der Waals surface area contributed by atoms with E-state index in [9.17, 15) is 13.7 Å². The summed E-state index contributed by atoms with van der Waals surface area (Å²) in [4.78, 5) is 0.186. The van der Waals surface area contributed by atoms with Crippen LogP contribution in [0.5, 0.6) is 5.75 Å². The minimum absolute atomic E-state index is 0.0371. The lowest BCUT2D eigenvalue weighted by Gasteiger charge is -2.12. The van der Waals surface area contributed by atoms with Gasteiger partial charge in [0.25, 0.3) is 0 Å². The van der Waals surface area contributed by atoms with Gasteiger partial charge >= 0.3 is 0 Å². The molecule has 0 saturated carbocycles. The summed E-state index contributed by atoms with van der Waals surface area (Å²) >= 11 is 0. The molecule has 5 heteroatoms. The largest absolute Gasteiger partial charge is 0.494 e. The first-order valence-electron chi connectivity index (χ1n) is 7.89. The number of benzene rings is 2. The number of rotatable bonds is 6. The molecule has 0 bridgehead atoms. The fourth-order valence-electron chi connectivity index (χ4n) is 2.42. The van der Waals surface area contributed by atoms with Gasteiger partial charge in [0.1, 0.15) is 11.8 Å². The molecule has 2 aromatic carbocycles. The molecule has 2 aromatic rings. The van der Waals surface area contributed by atoms with Crippen LogP contribution >= 0.6 is 0 Å². The third-order valence-electron chi connectivity index (χ3n) is 3.74. The Morgan fingerprint density at radius 1 is 1.17 bits per heavy atom. The zero-order chi connectivity index (χ0) is 17.7. The van der Waals surface area contributed by atoms with E-state index in [4.69, 9.17) is 4.74 Å². The standard InChI is InChI=1S/C19H21NO3S/c1-4-5-9-23-16-10-14(2)11-17(12-16)24(21,22)19-8-6-7-15(3)18(19)13-20/h6-8,10-12H,4-5,9H2,1-3H3. The van der Waals surface area contributed by atoms with Crippen molar-refractivity contribution in [2.24, 2.45) is 0 Å². The molecule has 24 heavy (non-hydrogen) atoms. The van der Waals surface area contributed by atoms with Crippen LogP contribution < -0.4 is 4.74 Å². The van der Waals surface area contributed by atoms with Crippen molar-refractivity contribution in [2.75, 3.05) is 6.61 Å². The van der Waals surface area contributed by atoms with Crippen molar-refractivity contribution in [1.29, 1.82) is 5.26 Å². The molecule has 4 nitrogen and oxygen atoms in total. The highest BCUT2D eigenvalue weighted by atomic mass is 32.2. The van der Waals surface area contributed by atoms with Gasteiger partial charge in [-0.05, 0) is 55.7 Å². The average Bonchev–Trinajstić information content (AvgIpc) is 2.54. The maximum Gasteiger partial charge on any atom is 0.208 e. The highest BCUT2D eigenvalue weighted by molar-refractivity contribution is 7.91. The van der Waals surface area contributed by atoms with Gasteiger partial charge in [-0.2, -0.15) is 5.26 Å². The summed E-state index contributed by atoms with van der Waals surface area (Å²) in [6.45, 7) is 6.17. The summed E-state index contributed by atoms with van der Waals surface area (Å²) in [6.07, 6.45) is 1.91. The van der Waals surface area contributed by atoms with Crippen LogP contribution in [0.3, 0.4) is 0 Å². The lowest BCUT2D eigenvalue weighted by molar-refractivity contribution is 0.308. The first-order chi connectivity index (χ1) is 11.4. The summed E-state index contributed by atoms with van der Waals surface area (Å²) in [5.41, 5.74) is 1.63. The summed E-state index contributed by atoms with van der Waals surface area (Å²) in [5, 5.41) is 9.32. The molecule has 0 aromatic heterocycles. The molecule has 0 saturated heterocycles. The van der Waals surface area contributed by atoms with Crippen molar-refractivity contribution in [3.8, 4) is 11.8 Å². The third kappa shape index (κ3) is 3.77. The maximum atomic E-state index is 13.0. The topological polar surface area (TPSA) is 67.2 Å². The van der Waals surface area contributed by atoms with E-state index in [1.54, 1.807) is 25.1 Å². The first kappa shape index (κ1) is 18.0. The molecule has 0 aliphatic rings. The Morgan fingerprint density at radius 3 is 2.58 bits per heavy atom. The summed E-state index contributed by atoms with van der Waals surface area (Å²) < 4.78 is 31.6.